The first kappa shape index (κ1) is 15.0. The van der Waals surface area contributed by atoms with E-state index in [0.29, 0.717) is 18.6 Å². The highest BCUT2D eigenvalue weighted by Crippen LogP contribution is 2.21. The van der Waals surface area contributed by atoms with Crippen LogP contribution < -0.4 is 10.6 Å². The van der Waals surface area contributed by atoms with Gasteiger partial charge in [0.15, 0.2) is 0 Å². The number of hydrogen-bond acceptors (Lipinski definition) is 3. The first-order valence-corrected chi connectivity index (χ1v) is 8.00. The summed E-state index contributed by atoms with van der Waals surface area (Å²) in [6, 6.07) is 8.57. The van der Waals surface area contributed by atoms with Gasteiger partial charge < -0.3 is 15.5 Å². The molecule has 2 bridgehead atoms. The molecule has 3 rings (SSSR count). The Morgan fingerprint density at radius 2 is 1.91 bits per heavy atom. The molecule has 2 amide bonds. The predicted molar refractivity (Wildman–Crippen MR) is 84.4 cm³/mol. The van der Waals surface area contributed by atoms with Gasteiger partial charge in [0.2, 0.25) is 5.91 Å². The second kappa shape index (κ2) is 6.48. The Morgan fingerprint density at radius 1 is 1.18 bits per heavy atom. The SMILES string of the molecule is CC(=O)NCc1ccc(C(=O)N2CCC3CCC(C2)N3)cc1. The number of benzene rings is 1. The summed E-state index contributed by atoms with van der Waals surface area (Å²) in [5.74, 6) is 0.0627. The second-order valence-electron chi connectivity index (χ2n) is 6.28. The third kappa shape index (κ3) is 3.47. The van der Waals surface area contributed by atoms with Gasteiger partial charge >= 0.3 is 0 Å². The molecule has 2 unspecified atom stereocenters. The Labute approximate surface area is 131 Å². The van der Waals surface area contributed by atoms with E-state index in [1.165, 1.54) is 19.8 Å². The number of carbonyl (C=O) groups is 2. The zero-order valence-electron chi connectivity index (χ0n) is 13.0. The molecule has 118 valence electrons. The molecule has 2 fully saturated rings. The molecule has 5 heteroatoms. The topological polar surface area (TPSA) is 61.4 Å². The third-order valence-corrected chi connectivity index (χ3v) is 4.55. The molecule has 1 aromatic carbocycles. The number of nitrogens with zero attached hydrogens (tertiary/aromatic N) is 1. The molecule has 0 aromatic heterocycles. The Balaban J connectivity index is 1.63. The molecule has 2 aliphatic heterocycles. The van der Waals surface area contributed by atoms with Gasteiger partial charge in [0, 0.05) is 44.2 Å². The number of hydrogen-bond donors (Lipinski definition) is 2. The quantitative estimate of drug-likeness (QED) is 0.884. The lowest BCUT2D eigenvalue weighted by atomic mass is 10.1. The second-order valence-corrected chi connectivity index (χ2v) is 6.28. The van der Waals surface area contributed by atoms with E-state index in [1.54, 1.807) is 0 Å². The van der Waals surface area contributed by atoms with Crippen LogP contribution in [-0.2, 0) is 11.3 Å². The Bertz CT molecular complexity index is 556. The minimum Gasteiger partial charge on any atom is -0.352 e. The maximum absolute atomic E-state index is 12.6. The van der Waals surface area contributed by atoms with Crippen LogP contribution in [0.4, 0.5) is 0 Å². The molecule has 5 nitrogen and oxygen atoms in total. The Kier molecular flexibility index (Phi) is 4.43. The van der Waals surface area contributed by atoms with E-state index in [4.69, 9.17) is 0 Å². The number of amides is 2. The molecule has 2 atom stereocenters. The predicted octanol–water partition coefficient (Wildman–Crippen LogP) is 1.29. The van der Waals surface area contributed by atoms with Gasteiger partial charge in [0.1, 0.15) is 0 Å². The maximum atomic E-state index is 12.6. The van der Waals surface area contributed by atoms with Gasteiger partial charge in [-0.15, -0.1) is 0 Å². The van der Waals surface area contributed by atoms with Gasteiger partial charge in [0.25, 0.3) is 5.91 Å². The fourth-order valence-electron chi connectivity index (χ4n) is 3.30. The van der Waals surface area contributed by atoms with E-state index in [1.807, 2.05) is 29.2 Å². The lowest BCUT2D eigenvalue weighted by Crippen LogP contribution is -2.39. The van der Waals surface area contributed by atoms with Crippen molar-refractivity contribution in [1.29, 1.82) is 0 Å². The van der Waals surface area contributed by atoms with Crippen LogP contribution in [0.1, 0.15) is 42.1 Å². The number of rotatable bonds is 3. The zero-order valence-corrected chi connectivity index (χ0v) is 13.0. The molecule has 0 spiro atoms. The van der Waals surface area contributed by atoms with Crippen LogP contribution in [0.2, 0.25) is 0 Å². The molecule has 2 heterocycles. The van der Waals surface area contributed by atoms with E-state index in [0.717, 1.165) is 30.6 Å². The number of nitrogens with one attached hydrogen (secondary N) is 2. The van der Waals surface area contributed by atoms with Crippen LogP contribution in [0.25, 0.3) is 0 Å². The largest absolute Gasteiger partial charge is 0.352 e. The molecule has 2 aliphatic rings. The van der Waals surface area contributed by atoms with Crippen LogP contribution in [0.3, 0.4) is 0 Å². The molecule has 0 radical (unpaired) electrons. The first-order valence-electron chi connectivity index (χ1n) is 8.00. The monoisotopic (exact) mass is 301 g/mol. The molecule has 2 saturated heterocycles. The standard InChI is InChI=1S/C17H23N3O2/c1-12(21)18-10-13-2-4-14(5-3-13)17(22)20-9-8-15-6-7-16(11-20)19-15/h2-5,15-16,19H,6-11H2,1H3,(H,18,21). The number of carbonyl (C=O) groups excluding carboxylic acids is 2. The first-order chi connectivity index (χ1) is 10.6. The van der Waals surface area contributed by atoms with Gasteiger partial charge in [-0.2, -0.15) is 0 Å². The van der Waals surface area contributed by atoms with Crippen LogP contribution in [0.15, 0.2) is 24.3 Å². The summed E-state index contributed by atoms with van der Waals surface area (Å²) in [6.45, 7) is 3.64. The van der Waals surface area contributed by atoms with Gasteiger partial charge in [0.05, 0.1) is 0 Å². The highest BCUT2D eigenvalue weighted by molar-refractivity contribution is 5.94. The minimum atomic E-state index is -0.0488. The fourth-order valence-corrected chi connectivity index (χ4v) is 3.30. The van der Waals surface area contributed by atoms with Crippen molar-refractivity contribution in [2.24, 2.45) is 0 Å². The summed E-state index contributed by atoms with van der Waals surface area (Å²) in [5, 5.41) is 6.35. The van der Waals surface area contributed by atoms with Crippen molar-refractivity contribution in [3.8, 4) is 0 Å². The summed E-state index contributed by atoms with van der Waals surface area (Å²) in [6.07, 6.45) is 3.46. The van der Waals surface area contributed by atoms with Crippen molar-refractivity contribution in [1.82, 2.24) is 15.5 Å². The van der Waals surface area contributed by atoms with Crippen LogP contribution in [-0.4, -0.2) is 41.9 Å². The fraction of sp³-hybridized carbons (Fsp3) is 0.529. The van der Waals surface area contributed by atoms with E-state index >= 15 is 0 Å². The summed E-state index contributed by atoms with van der Waals surface area (Å²) < 4.78 is 0. The molecule has 22 heavy (non-hydrogen) atoms. The average molecular weight is 301 g/mol. The van der Waals surface area contributed by atoms with Crippen LogP contribution in [0, 0.1) is 0 Å². The molecular formula is C17H23N3O2. The molecule has 0 saturated carbocycles. The number of likely N-dealkylation sites (tertiary alicyclic amines) is 1. The van der Waals surface area contributed by atoms with E-state index in [2.05, 4.69) is 10.6 Å². The lowest BCUT2D eigenvalue weighted by molar-refractivity contribution is -0.119. The third-order valence-electron chi connectivity index (χ3n) is 4.55. The van der Waals surface area contributed by atoms with E-state index < -0.39 is 0 Å². The summed E-state index contributed by atoms with van der Waals surface area (Å²) in [5.41, 5.74) is 1.73. The Hall–Kier alpha value is -1.88. The maximum Gasteiger partial charge on any atom is 0.253 e. The van der Waals surface area contributed by atoms with Crippen molar-refractivity contribution in [3.63, 3.8) is 0 Å². The summed E-state index contributed by atoms with van der Waals surface area (Å²) >= 11 is 0. The van der Waals surface area contributed by atoms with Crippen molar-refractivity contribution in [2.75, 3.05) is 13.1 Å². The number of fused-ring (bicyclic) bond motifs is 2. The summed E-state index contributed by atoms with van der Waals surface area (Å²) in [7, 11) is 0. The van der Waals surface area contributed by atoms with Crippen LogP contribution >= 0.6 is 0 Å². The Morgan fingerprint density at radius 3 is 2.64 bits per heavy atom. The van der Waals surface area contributed by atoms with Gasteiger partial charge in [-0.05, 0) is 37.0 Å². The smallest absolute Gasteiger partial charge is 0.253 e. The van der Waals surface area contributed by atoms with Gasteiger partial charge in [-0.1, -0.05) is 12.1 Å². The van der Waals surface area contributed by atoms with E-state index in [9.17, 15) is 9.59 Å². The average Bonchev–Trinajstić information content (AvgIpc) is 2.84. The molecule has 0 aliphatic carbocycles. The van der Waals surface area contributed by atoms with Crippen LogP contribution in [0.5, 0.6) is 0 Å². The highest BCUT2D eigenvalue weighted by atomic mass is 16.2. The lowest BCUT2D eigenvalue weighted by Gasteiger charge is -2.24. The van der Waals surface area contributed by atoms with Gasteiger partial charge in [-0.25, -0.2) is 0 Å². The minimum absolute atomic E-state index is 0.0488. The van der Waals surface area contributed by atoms with Crippen molar-refractivity contribution >= 4 is 11.8 Å². The van der Waals surface area contributed by atoms with Gasteiger partial charge in [-0.3, -0.25) is 9.59 Å². The van der Waals surface area contributed by atoms with E-state index in [-0.39, 0.29) is 11.8 Å². The van der Waals surface area contributed by atoms with Crippen molar-refractivity contribution < 1.29 is 9.59 Å². The molecule has 1 aromatic rings. The normalized spacial score (nSPS) is 24.0. The molecule has 2 N–H and O–H groups in total. The highest BCUT2D eigenvalue weighted by Gasteiger charge is 2.31. The zero-order chi connectivity index (χ0) is 15.5. The van der Waals surface area contributed by atoms with Crippen molar-refractivity contribution in [3.05, 3.63) is 35.4 Å². The summed E-state index contributed by atoms with van der Waals surface area (Å²) in [4.78, 5) is 25.5. The molecular weight excluding hydrogens is 278 g/mol. The van der Waals surface area contributed by atoms with Crippen molar-refractivity contribution in [2.45, 2.75) is 44.8 Å².